The van der Waals surface area contributed by atoms with Gasteiger partial charge in [0.15, 0.2) is 15.8 Å². The molecule has 156 valence electrons. The van der Waals surface area contributed by atoms with Crippen molar-refractivity contribution < 1.29 is 8.42 Å². The van der Waals surface area contributed by atoms with Gasteiger partial charge in [-0.3, -0.25) is 4.99 Å². The highest BCUT2D eigenvalue weighted by molar-refractivity contribution is 7.90. The summed E-state index contributed by atoms with van der Waals surface area (Å²) >= 11 is 0. The molecule has 1 unspecified atom stereocenters. The van der Waals surface area contributed by atoms with E-state index in [1.165, 1.54) is 11.9 Å². The van der Waals surface area contributed by atoms with Gasteiger partial charge >= 0.3 is 0 Å². The molecule has 0 bridgehead atoms. The van der Waals surface area contributed by atoms with E-state index in [4.69, 9.17) is 4.99 Å². The van der Waals surface area contributed by atoms with Gasteiger partial charge in [0.1, 0.15) is 0 Å². The number of nitrogens with zero attached hydrogens (tertiary/aromatic N) is 2. The molecule has 1 atom stereocenters. The summed E-state index contributed by atoms with van der Waals surface area (Å²) in [5.74, 6) is 0.833. The zero-order chi connectivity index (χ0) is 20.7. The van der Waals surface area contributed by atoms with Crippen LogP contribution in [0.5, 0.6) is 0 Å². The van der Waals surface area contributed by atoms with E-state index in [-0.39, 0.29) is 0 Å². The molecule has 1 fully saturated rings. The lowest BCUT2D eigenvalue weighted by atomic mass is 10.1. The number of sulfone groups is 1. The van der Waals surface area contributed by atoms with Crippen LogP contribution in [0.25, 0.3) is 0 Å². The number of rotatable bonds is 7. The number of benzene rings is 2. The molecular weight excluding hydrogens is 384 g/mol. The third-order valence-electron chi connectivity index (χ3n) is 5.02. The van der Waals surface area contributed by atoms with Crippen molar-refractivity contribution in [2.45, 2.75) is 30.7 Å². The average Bonchev–Trinajstić information content (AvgIpc) is 3.17. The molecule has 0 spiro atoms. The summed E-state index contributed by atoms with van der Waals surface area (Å²) < 4.78 is 23.1. The van der Waals surface area contributed by atoms with Gasteiger partial charge in [-0.15, -0.1) is 0 Å². The van der Waals surface area contributed by atoms with Crippen LogP contribution in [-0.2, 0) is 16.3 Å². The van der Waals surface area contributed by atoms with E-state index >= 15 is 0 Å². The first-order valence-corrected chi connectivity index (χ1v) is 12.0. The van der Waals surface area contributed by atoms with E-state index in [0.717, 1.165) is 44.0 Å². The molecule has 1 aliphatic heterocycles. The van der Waals surface area contributed by atoms with Crippen molar-refractivity contribution in [3.63, 3.8) is 0 Å². The summed E-state index contributed by atoms with van der Waals surface area (Å²) in [4.78, 5) is 7.44. The van der Waals surface area contributed by atoms with E-state index in [0.29, 0.717) is 17.5 Å². The molecule has 0 aliphatic carbocycles. The molecule has 0 amide bonds. The number of anilines is 1. The van der Waals surface area contributed by atoms with Crippen LogP contribution in [0.4, 0.5) is 5.69 Å². The lowest BCUT2D eigenvalue weighted by molar-refractivity contribution is 0.602. The van der Waals surface area contributed by atoms with Crippen molar-refractivity contribution in [2.24, 2.45) is 4.99 Å². The van der Waals surface area contributed by atoms with Gasteiger partial charge in [0.25, 0.3) is 0 Å². The molecule has 0 radical (unpaired) electrons. The normalized spacial score (nSPS) is 17.4. The molecule has 3 rings (SSSR count). The van der Waals surface area contributed by atoms with E-state index in [9.17, 15) is 8.42 Å². The minimum absolute atomic E-state index is 0.351. The number of hydrogen-bond acceptors (Lipinski definition) is 4. The first kappa shape index (κ1) is 21.2. The second-order valence-electron chi connectivity index (χ2n) is 7.34. The van der Waals surface area contributed by atoms with Crippen LogP contribution < -0.4 is 15.5 Å². The number of para-hydroxylation sites is 1. The van der Waals surface area contributed by atoms with Crippen molar-refractivity contribution >= 4 is 21.5 Å². The average molecular weight is 415 g/mol. The van der Waals surface area contributed by atoms with Gasteiger partial charge in [0, 0.05) is 44.2 Å². The van der Waals surface area contributed by atoms with Crippen LogP contribution in [0.1, 0.15) is 18.9 Å². The second-order valence-corrected chi connectivity index (χ2v) is 9.35. The van der Waals surface area contributed by atoms with Crippen molar-refractivity contribution in [2.75, 3.05) is 37.3 Å². The molecule has 2 aromatic rings. The molecular formula is C22H30N4O2S. The Bertz CT molecular complexity index is 912. The quantitative estimate of drug-likeness (QED) is 0.538. The van der Waals surface area contributed by atoms with Gasteiger partial charge in [-0.1, -0.05) is 30.3 Å². The van der Waals surface area contributed by atoms with Gasteiger partial charge in [-0.25, -0.2) is 8.42 Å². The molecule has 6 nitrogen and oxygen atoms in total. The Morgan fingerprint density at radius 3 is 2.52 bits per heavy atom. The molecule has 29 heavy (non-hydrogen) atoms. The minimum atomic E-state index is -3.15. The summed E-state index contributed by atoms with van der Waals surface area (Å²) in [6.07, 6.45) is 3.07. The van der Waals surface area contributed by atoms with Crippen LogP contribution >= 0.6 is 0 Å². The number of nitrogens with one attached hydrogen (secondary N) is 2. The number of hydrogen-bond donors (Lipinski definition) is 2. The Morgan fingerprint density at radius 1 is 1.14 bits per heavy atom. The molecule has 1 aliphatic rings. The van der Waals surface area contributed by atoms with Crippen LogP contribution in [0.2, 0.25) is 0 Å². The maximum Gasteiger partial charge on any atom is 0.191 e. The lowest BCUT2D eigenvalue weighted by Crippen LogP contribution is -2.44. The number of aliphatic imine (C=N–C) groups is 1. The third-order valence-corrected chi connectivity index (χ3v) is 6.15. The van der Waals surface area contributed by atoms with E-state index < -0.39 is 9.84 Å². The summed E-state index contributed by atoms with van der Waals surface area (Å²) in [5, 5.41) is 6.87. The van der Waals surface area contributed by atoms with Gasteiger partial charge in [0.05, 0.1) is 4.90 Å². The first-order valence-electron chi connectivity index (χ1n) is 10.1. The maximum atomic E-state index is 11.6. The molecule has 2 aromatic carbocycles. The largest absolute Gasteiger partial charge is 0.369 e. The maximum absolute atomic E-state index is 11.6. The lowest BCUT2D eigenvalue weighted by Gasteiger charge is -2.20. The Kier molecular flexibility index (Phi) is 7.14. The smallest absolute Gasteiger partial charge is 0.191 e. The first-order chi connectivity index (χ1) is 14.0. The highest BCUT2D eigenvalue weighted by Crippen LogP contribution is 2.19. The standard InChI is InChI=1S/C22H30N4O2S/c1-3-23-22(24-15-13-18-9-11-21(12-10-18)29(2,27)28)25-19-14-16-26(17-19)20-7-5-4-6-8-20/h4-12,19H,3,13-17H2,1-2H3,(H2,23,24,25). The van der Waals surface area contributed by atoms with E-state index in [1.54, 1.807) is 12.1 Å². The highest BCUT2D eigenvalue weighted by Gasteiger charge is 2.23. The number of guanidine groups is 1. The highest BCUT2D eigenvalue weighted by atomic mass is 32.2. The molecule has 7 heteroatoms. The SMILES string of the molecule is CCNC(=NCCc1ccc(S(C)(=O)=O)cc1)NC1CCN(c2ccccc2)C1. The Balaban J connectivity index is 1.53. The van der Waals surface area contributed by atoms with Crippen molar-refractivity contribution in [1.82, 2.24) is 10.6 Å². The van der Waals surface area contributed by atoms with Gasteiger partial charge in [0.2, 0.25) is 0 Å². The molecule has 0 saturated carbocycles. The zero-order valence-electron chi connectivity index (χ0n) is 17.1. The van der Waals surface area contributed by atoms with Gasteiger partial charge in [-0.05, 0) is 49.6 Å². The van der Waals surface area contributed by atoms with Crippen molar-refractivity contribution in [1.29, 1.82) is 0 Å². The van der Waals surface area contributed by atoms with Crippen molar-refractivity contribution in [3.05, 3.63) is 60.2 Å². The topological polar surface area (TPSA) is 73.8 Å². The van der Waals surface area contributed by atoms with Gasteiger partial charge in [-0.2, -0.15) is 0 Å². The Labute approximate surface area is 174 Å². The fourth-order valence-corrected chi connectivity index (χ4v) is 4.10. The van der Waals surface area contributed by atoms with E-state index in [2.05, 4.69) is 46.7 Å². The monoisotopic (exact) mass is 414 g/mol. The summed E-state index contributed by atoms with van der Waals surface area (Å²) in [6, 6.07) is 17.9. The molecule has 1 heterocycles. The minimum Gasteiger partial charge on any atom is -0.369 e. The van der Waals surface area contributed by atoms with Gasteiger partial charge < -0.3 is 15.5 Å². The molecule has 0 aromatic heterocycles. The van der Waals surface area contributed by atoms with Crippen LogP contribution in [0.3, 0.4) is 0 Å². The Hall–Kier alpha value is -2.54. The predicted molar refractivity (Wildman–Crippen MR) is 119 cm³/mol. The van der Waals surface area contributed by atoms with Crippen LogP contribution in [0.15, 0.2) is 64.5 Å². The summed E-state index contributed by atoms with van der Waals surface area (Å²) in [6.45, 7) is 5.51. The van der Waals surface area contributed by atoms with Crippen LogP contribution in [-0.4, -0.2) is 52.9 Å². The summed E-state index contributed by atoms with van der Waals surface area (Å²) in [7, 11) is -3.15. The molecule has 1 saturated heterocycles. The molecule has 2 N–H and O–H groups in total. The fourth-order valence-electron chi connectivity index (χ4n) is 3.46. The summed E-state index contributed by atoms with van der Waals surface area (Å²) in [5.41, 5.74) is 2.34. The fraction of sp³-hybridized carbons (Fsp3) is 0.409. The Morgan fingerprint density at radius 2 is 1.86 bits per heavy atom. The van der Waals surface area contributed by atoms with Crippen molar-refractivity contribution in [3.8, 4) is 0 Å². The zero-order valence-corrected chi connectivity index (χ0v) is 18.0. The van der Waals surface area contributed by atoms with E-state index in [1.807, 2.05) is 18.2 Å². The third kappa shape index (κ3) is 6.22. The second kappa shape index (κ2) is 9.78. The van der Waals surface area contributed by atoms with Crippen LogP contribution in [0, 0.1) is 0 Å². The predicted octanol–water partition coefficient (Wildman–Crippen LogP) is 2.47.